The summed E-state index contributed by atoms with van der Waals surface area (Å²) in [6.07, 6.45) is 11.5. The molecular formula is C33H58O3. The fraction of sp³-hybridized carbons (Fsp3) is 0.939. The third-order valence-corrected chi connectivity index (χ3v) is 13.2. The van der Waals surface area contributed by atoms with Gasteiger partial charge < -0.3 is 14.6 Å². The van der Waals surface area contributed by atoms with Gasteiger partial charge in [-0.25, -0.2) is 0 Å². The summed E-state index contributed by atoms with van der Waals surface area (Å²) in [5.41, 5.74) is 1.96. The molecule has 4 aliphatic rings. The van der Waals surface area contributed by atoms with Gasteiger partial charge in [0.25, 0.3) is 0 Å². The normalized spacial score (nSPS) is 49.4. The van der Waals surface area contributed by atoms with E-state index in [9.17, 15) is 5.11 Å². The average Bonchev–Trinajstić information content (AvgIpc) is 3.15. The number of rotatable bonds is 6. The molecule has 0 aromatic rings. The van der Waals surface area contributed by atoms with Crippen LogP contribution < -0.4 is 0 Å². The lowest BCUT2D eigenvalue weighted by molar-refractivity contribution is -0.264. The zero-order chi connectivity index (χ0) is 26.9. The van der Waals surface area contributed by atoms with Crippen LogP contribution in [0.25, 0.3) is 0 Å². The molecule has 0 aromatic carbocycles. The highest BCUT2D eigenvalue weighted by atomic mass is 16.5. The van der Waals surface area contributed by atoms with Gasteiger partial charge in [-0.05, 0) is 123 Å². The van der Waals surface area contributed by atoms with Crippen LogP contribution >= 0.6 is 0 Å². The summed E-state index contributed by atoms with van der Waals surface area (Å²) in [5, 5.41) is 12.0. The minimum absolute atomic E-state index is 0.140. The molecule has 3 heteroatoms. The molecule has 4 fully saturated rings. The van der Waals surface area contributed by atoms with Gasteiger partial charge in [0.2, 0.25) is 0 Å². The van der Waals surface area contributed by atoms with E-state index in [4.69, 9.17) is 9.47 Å². The van der Waals surface area contributed by atoms with Crippen molar-refractivity contribution in [3.8, 4) is 0 Å². The average molecular weight is 503 g/mol. The quantitative estimate of drug-likeness (QED) is 0.373. The second-order valence-corrected chi connectivity index (χ2v) is 15.4. The van der Waals surface area contributed by atoms with Gasteiger partial charge in [-0.1, -0.05) is 53.2 Å². The van der Waals surface area contributed by atoms with Crippen LogP contribution in [0.4, 0.5) is 0 Å². The molecular weight excluding hydrogens is 444 g/mol. The molecule has 3 nitrogen and oxygen atoms in total. The number of aliphatic hydroxyl groups is 1. The van der Waals surface area contributed by atoms with Crippen LogP contribution in [0, 0.1) is 51.2 Å². The molecule has 0 aliphatic heterocycles. The van der Waals surface area contributed by atoms with Crippen molar-refractivity contribution in [3.63, 3.8) is 0 Å². The van der Waals surface area contributed by atoms with Crippen molar-refractivity contribution in [2.75, 3.05) is 14.2 Å². The van der Waals surface area contributed by atoms with Crippen molar-refractivity contribution in [1.82, 2.24) is 0 Å². The van der Waals surface area contributed by atoms with Gasteiger partial charge in [-0.15, -0.1) is 0 Å². The van der Waals surface area contributed by atoms with Gasteiger partial charge in [-0.2, -0.15) is 0 Å². The summed E-state index contributed by atoms with van der Waals surface area (Å²) in [7, 11) is 3.81. The third kappa shape index (κ3) is 3.91. The summed E-state index contributed by atoms with van der Waals surface area (Å²) in [6, 6.07) is 0. The van der Waals surface area contributed by atoms with E-state index in [1.165, 1.54) is 31.3 Å². The largest absolute Gasteiger partial charge is 0.393 e. The van der Waals surface area contributed by atoms with Gasteiger partial charge in [0.1, 0.15) is 0 Å². The van der Waals surface area contributed by atoms with Crippen molar-refractivity contribution in [1.29, 1.82) is 0 Å². The van der Waals surface area contributed by atoms with Crippen LogP contribution in [-0.4, -0.2) is 37.1 Å². The lowest BCUT2D eigenvalue weighted by atomic mass is 9.33. The Morgan fingerprint density at radius 2 is 1.69 bits per heavy atom. The van der Waals surface area contributed by atoms with Crippen LogP contribution in [0.2, 0.25) is 0 Å². The second kappa shape index (κ2) is 9.37. The molecule has 0 amide bonds. The van der Waals surface area contributed by atoms with Gasteiger partial charge in [-0.3, -0.25) is 0 Å². The maximum absolute atomic E-state index is 12.0. The Morgan fingerprint density at radius 1 is 1.03 bits per heavy atom. The molecule has 36 heavy (non-hydrogen) atoms. The zero-order valence-corrected chi connectivity index (χ0v) is 25.5. The highest BCUT2D eigenvalue weighted by Gasteiger charge is 2.72. The van der Waals surface area contributed by atoms with Crippen molar-refractivity contribution in [2.45, 2.75) is 131 Å². The molecule has 0 spiro atoms. The number of fused-ring (bicyclic) bond motifs is 5. The fourth-order valence-corrected chi connectivity index (χ4v) is 11.8. The highest BCUT2D eigenvalue weighted by molar-refractivity contribution is 5.21. The Bertz CT molecular complexity index is 844. The SMILES string of the molecule is COC1CCC2(C)C(C(C)CC3(C)C2CC(O)C2C(C(C)(CCC=C(C)C)OC)CCC23C)C1(C)C. The van der Waals surface area contributed by atoms with Crippen LogP contribution in [0.15, 0.2) is 11.6 Å². The van der Waals surface area contributed by atoms with E-state index < -0.39 is 0 Å². The van der Waals surface area contributed by atoms with E-state index in [0.29, 0.717) is 35.7 Å². The standard InChI is InChI=1S/C33H58O3/c1-21(2)13-12-16-33(9,36-11)23-14-18-31(7)27(23)24(34)19-25-30(6)17-15-26(35-10)29(4,5)28(30)22(3)20-32(25,31)8/h13,22-28,34H,12,14-20H2,1-11H3. The van der Waals surface area contributed by atoms with Crippen LogP contribution in [-0.2, 0) is 9.47 Å². The molecule has 4 saturated carbocycles. The van der Waals surface area contributed by atoms with Crippen molar-refractivity contribution in [3.05, 3.63) is 11.6 Å². The first-order valence-corrected chi connectivity index (χ1v) is 15.0. The topological polar surface area (TPSA) is 38.7 Å². The smallest absolute Gasteiger partial charge is 0.0685 e. The summed E-state index contributed by atoms with van der Waals surface area (Å²) in [4.78, 5) is 0. The highest BCUT2D eigenvalue weighted by Crippen LogP contribution is 2.76. The van der Waals surface area contributed by atoms with Gasteiger partial charge >= 0.3 is 0 Å². The van der Waals surface area contributed by atoms with Crippen LogP contribution in [0.1, 0.15) is 114 Å². The summed E-state index contributed by atoms with van der Waals surface area (Å²) in [5.74, 6) is 2.55. The van der Waals surface area contributed by atoms with E-state index in [0.717, 1.165) is 25.7 Å². The van der Waals surface area contributed by atoms with E-state index in [2.05, 4.69) is 68.4 Å². The molecule has 0 heterocycles. The number of methoxy groups -OCH3 is 2. The summed E-state index contributed by atoms with van der Waals surface area (Å²) in [6.45, 7) is 22.0. The Hall–Kier alpha value is -0.380. The number of allylic oxidation sites excluding steroid dienone is 2. The number of aliphatic hydroxyl groups excluding tert-OH is 1. The van der Waals surface area contributed by atoms with Gasteiger partial charge in [0.05, 0.1) is 17.8 Å². The molecule has 0 aromatic heterocycles. The molecule has 0 saturated heterocycles. The third-order valence-electron chi connectivity index (χ3n) is 13.2. The first-order chi connectivity index (χ1) is 16.6. The van der Waals surface area contributed by atoms with Gasteiger partial charge in [0.15, 0.2) is 0 Å². The molecule has 0 radical (unpaired) electrons. The Morgan fingerprint density at radius 3 is 2.28 bits per heavy atom. The van der Waals surface area contributed by atoms with Crippen LogP contribution in [0.3, 0.4) is 0 Å². The molecule has 0 bridgehead atoms. The Balaban J connectivity index is 1.71. The zero-order valence-electron chi connectivity index (χ0n) is 25.5. The maximum Gasteiger partial charge on any atom is 0.0685 e. The van der Waals surface area contributed by atoms with E-state index >= 15 is 0 Å². The number of ether oxygens (including phenoxy) is 2. The van der Waals surface area contributed by atoms with Crippen molar-refractivity contribution >= 4 is 0 Å². The second-order valence-electron chi connectivity index (χ2n) is 15.4. The minimum Gasteiger partial charge on any atom is -0.393 e. The number of hydrogen-bond donors (Lipinski definition) is 1. The molecule has 11 unspecified atom stereocenters. The molecule has 4 rings (SSSR count). The monoisotopic (exact) mass is 502 g/mol. The molecule has 1 N–H and O–H groups in total. The van der Waals surface area contributed by atoms with E-state index in [1.54, 1.807) is 0 Å². The summed E-state index contributed by atoms with van der Waals surface area (Å²) >= 11 is 0. The first kappa shape index (κ1) is 28.6. The predicted molar refractivity (Wildman–Crippen MR) is 150 cm³/mol. The number of hydrogen-bond acceptors (Lipinski definition) is 3. The minimum atomic E-state index is -0.243. The Kier molecular flexibility index (Phi) is 7.45. The lowest BCUT2D eigenvalue weighted by Crippen LogP contribution is -2.68. The Labute approximate surface area is 223 Å². The maximum atomic E-state index is 12.0. The van der Waals surface area contributed by atoms with E-state index in [-0.39, 0.29) is 33.4 Å². The molecule has 4 aliphatic carbocycles. The summed E-state index contributed by atoms with van der Waals surface area (Å²) < 4.78 is 12.4. The fourth-order valence-electron chi connectivity index (χ4n) is 11.8. The lowest BCUT2D eigenvalue weighted by Gasteiger charge is -2.72. The first-order valence-electron chi connectivity index (χ1n) is 15.0. The van der Waals surface area contributed by atoms with Crippen LogP contribution in [0.5, 0.6) is 0 Å². The van der Waals surface area contributed by atoms with Crippen molar-refractivity contribution < 1.29 is 14.6 Å². The van der Waals surface area contributed by atoms with Crippen molar-refractivity contribution in [2.24, 2.45) is 51.2 Å². The molecule has 208 valence electrons. The van der Waals surface area contributed by atoms with Gasteiger partial charge in [0, 0.05) is 14.2 Å². The molecule has 11 atom stereocenters. The predicted octanol–water partition coefficient (Wildman–Crippen LogP) is 8.05. The van der Waals surface area contributed by atoms with E-state index in [1.807, 2.05) is 14.2 Å².